The number of ether oxygens (including phenoxy) is 1. The third kappa shape index (κ3) is 7.11. The first-order valence-electron chi connectivity index (χ1n) is 7.78. The van der Waals surface area contributed by atoms with Gasteiger partial charge in [0.2, 0.25) is 11.8 Å². The van der Waals surface area contributed by atoms with Crippen LogP contribution in [-0.2, 0) is 9.59 Å². The lowest BCUT2D eigenvalue weighted by atomic mass is 10.2. The number of amides is 2. The molecule has 1 rings (SSSR count). The third-order valence-corrected chi connectivity index (χ3v) is 3.07. The van der Waals surface area contributed by atoms with Gasteiger partial charge in [0.25, 0.3) is 0 Å². The highest BCUT2D eigenvalue weighted by Crippen LogP contribution is 2.09. The first-order valence-corrected chi connectivity index (χ1v) is 7.78. The van der Waals surface area contributed by atoms with Gasteiger partial charge in [0.05, 0.1) is 13.2 Å². The largest absolute Gasteiger partial charge is 0.494 e. The minimum absolute atomic E-state index is 0.0157. The fourth-order valence-corrected chi connectivity index (χ4v) is 2.01. The van der Waals surface area contributed by atoms with Crippen LogP contribution in [0.15, 0.2) is 30.3 Å². The second kappa shape index (κ2) is 9.82. The molecule has 5 heteroatoms. The van der Waals surface area contributed by atoms with Crippen LogP contribution in [0, 0.1) is 0 Å². The van der Waals surface area contributed by atoms with E-state index in [9.17, 15) is 9.59 Å². The number of para-hydroxylation sites is 1. The lowest BCUT2D eigenvalue weighted by Gasteiger charge is -2.21. The van der Waals surface area contributed by atoms with Crippen molar-refractivity contribution in [3.05, 3.63) is 30.3 Å². The highest BCUT2D eigenvalue weighted by atomic mass is 16.5. The number of nitrogens with zero attached hydrogens (tertiary/aromatic N) is 1. The second-order valence-corrected chi connectivity index (χ2v) is 5.40. The van der Waals surface area contributed by atoms with E-state index in [0.717, 1.165) is 5.75 Å². The molecular weight excluding hydrogens is 280 g/mol. The molecule has 0 saturated heterocycles. The van der Waals surface area contributed by atoms with Crippen LogP contribution in [0.4, 0.5) is 0 Å². The number of hydrogen-bond donors (Lipinski definition) is 1. The number of hydrogen-bond acceptors (Lipinski definition) is 3. The van der Waals surface area contributed by atoms with Crippen molar-refractivity contribution < 1.29 is 14.3 Å². The Balaban J connectivity index is 2.28. The zero-order valence-corrected chi connectivity index (χ0v) is 13.7. The van der Waals surface area contributed by atoms with Crippen LogP contribution in [0.3, 0.4) is 0 Å². The van der Waals surface area contributed by atoms with Gasteiger partial charge in [-0.1, -0.05) is 18.2 Å². The van der Waals surface area contributed by atoms with Gasteiger partial charge in [-0.2, -0.15) is 0 Å². The molecule has 0 aromatic heterocycles. The molecule has 0 fully saturated rings. The maximum absolute atomic E-state index is 12.1. The molecule has 1 N–H and O–H groups in total. The monoisotopic (exact) mass is 306 g/mol. The predicted octanol–water partition coefficient (Wildman–Crippen LogP) is 2.22. The van der Waals surface area contributed by atoms with Gasteiger partial charge >= 0.3 is 0 Å². The molecule has 22 heavy (non-hydrogen) atoms. The minimum Gasteiger partial charge on any atom is -0.494 e. The lowest BCUT2D eigenvalue weighted by molar-refractivity contribution is -0.136. The molecule has 0 aliphatic rings. The number of carbonyl (C=O) groups excluding carboxylic acids is 2. The maximum atomic E-state index is 12.1. The molecule has 0 radical (unpaired) electrons. The fourth-order valence-electron chi connectivity index (χ4n) is 2.01. The average molecular weight is 306 g/mol. The summed E-state index contributed by atoms with van der Waals surface area (Å²) in [6, 6.07) is 9.60. The zero-order chi connectivity index (χ0) is 16.4. The number of carbonyl (C=O) groups is 2. The number of likely N-dealkylation sites (N-methyl/N-ethyl adjacent to an activating group) is 1. The first kappa shape index (κ1) is 18.0. The van der Waals surface area contributed by atoms with Crippen LogP contribution < -0.4 is 10.1 Å². The van der Waals surface area contributed by atoms with E-state index >= 15 is 0 Å². The van der Waals surface area contributed by atoms with Crippen molar-refractivity contribution in [1.29, 1.82) is 0 Å². The van der Waals surface area contributed by atoms with E-state index < -0.39 is 0 Å². The molecule has 2 amide bonds. The summed E-state index contributed by atoms with van der Waals surface area (Å²) in [6.07, 6.45) is 1.02. The third-order valence-electron chi connectivity index (χ3n) is 3.07. The van der Waals surface area contributed by atoms with Crippen molar-refractivity contribution in [1.82, 2.24) is 10.2 Å². The highest BCUT2D eigenvalue weighted by molar-refractivity contribution is 5.84. The number of benzene rings is 1. The SMILES string of the molecule is CCN(CC(=O)NC(C)C)C(=O)CCCOc1ccccc1. The van der Waals surface area contributed by atoms with Gasteiger partial charge in [0.15, 0.2) is 0 Å². The quantitative estimate of drug-likeness (QED) is 0.712. The van der Waals surface area contributed by atoms with E-state index in [1.807, 2.05) is 51.1 Å². The topological polar surface area (TPSA) is 58.6 Å². The molecule has 5 nitrogen and oxygen atoms in total. The highest BCUT2D eigenvalue weighted by Gasteiger charge is 2.15. The summed E-state index contributed by atoms with van der Waals surface area (Å²) < 4.78 is 5.55. The molecule has 0 aliphatic heterocycles. The van der Waals surface area contributed by atoms with Gasteiger partial charge in [-0.05, 0) is 39.3 Å². The van der Waals surface area contributed by atoms with E-state index in [2.05, 4.69) is 5.32 Å². The molecule has 0 aliphatic carbocycles. The van der Waals surface area contributed by atoms with Gasteiger partial charge in [0.1, 0.15) is 5.75 Å². The van der Waals surface area contributed by atoms with Crippen molar-refractivity contribution in [2.45, 2.75) is 39.7 Å². The summed E-state index contributed by atoms with van der Waals surface area (Å²) in [6.45, 7) is 6.82. The number of rotatable bonds is 9. The summed E-state index contributed by atoms with van der Waals surface area (Å²) in [4.78, 5) is 25.4. The molecular formula is C17H26N2O3. The standard InChI is InChI=1S/C17H26N2O3/c1-4-19(13-16(20)18-14(2)3)17(21)11-8-12-22-15-9-6-5-7-10-15/h5-7,9-10,14H,4,8,11-13H2,1-3H3,(H,18,20). The Morgan fingerprint density at radius 2 is 1.91 bits per heavy atom. The Morgan fingerprint density at radius 1 is 1.23 bits per heavy atom. The van der Waals surface area contributed by atoms with Crippen LogP contribution in [0.5, 0.6) is 5.75 Å². The van der Waals surface area contributed by atoms with Crippen LogP contribution in [0.1, 0.15) is 33.6 Å². The molecule has 0 bridgehead atoms. The van der Waals surface area contributed by atoms with Crippen LogP contribution >= 0.6 is 0 Å². The van der Waals surface area contributed by atoms with Crippen molar-refractivity contribution in [2.75, 3.05) is 19.7 Å². The average Bonchev–Trinajstić information content (AvgIpc) is 2.49. The Hall–Kier alpha value is -2.04. The molecule has 122 valence electrons. The van der Waals surface area contributed by atoms with Crippen LogP contribution in [0.25, 0.3) is 0 Å². The van der Waals surface area contributed by atoms with Gasteiger partial charge in [-0.3, -0.25) is 9.59 Å². The Morgan fingerprint density at radius 3 is 2.50 bits per heavy atom. The Bertz CT molecular complexity index is 460. The van der Waals surface area contributed by atoms with E-state index in [-0.39, 0.29) is 24.4 Å². The molecule has 0 atom stereocenters. The molecule has 1 aromatic carbocycles. The first-order chi connectivity index (χ1) is 10.5. The fraction of sp³-hybridized carbons (Fsp3) is 0.529. The summed E-state index contributed by atoms with van der Waals surface area (Å²) in [5, 5.41) is 2.79. The van der Waals surface area contributed by atoms with Gasteiger partial charge in [-0.25, -0.2) is 0 Å². The summed E-state index contributed by atoms with van der Waals surface area (Å²) in [5.74, 6) is 0.669. The van der Waals surface area contributed by atoms with Crippen molar-refractivity contribution >= 4 is 11.8 Å². The van der Waals surface area contributed by atoms with Crippen LogP contribution in [-0.4, -0.2) is 42.5 Å². The van der Waals surface area contributed by atoms with Crippen LogP contribution in [0.2, 0.25) is 0 Å². The molecule has 0 unspecified atom stereocenters. The minimum atomic E-state index is -0.120. The molecule has 0 heterocycles. The maximum Gasteiger partial charge on any atom is 0.239 e. The summed E-state index contributed by atoms with van der Waals surface area (Å²) in [7, 11) is 0. The molecule has 0 saturated carbocycles. The van der Waals surface area contributed by atoms with E-state index in [0.29, 0.717) is 26.0 Å². The summed E-state index contributed by atoms with van der Waals surface area (Å²) in [5.41, 5.74) is 0. The van der Waals surface area contributed by atoms with Crippen molar-refractivity contribution in [2.24, 2.45) is 0 Å². The normalized spacial score (nSPS) is 10.4. The smallest absolute Gasteiger partial charge is 0.239 e. The lowest BCUT2D eigenvalue weighted by Crippen LogP contribution is -2.42. The number of nitrogens with one attached hydrogen (secondary N) is 1. The van der Waals surface area contributed by atoms with Crippen molar-refractivity contribution in [3.8, 4) is 5.75 Å². The van der Waals surface area contributed by atoms with E-state index in [1.54, 1.807) is 4.90 Å². The second-order valence-electron chi connectivity index (χ2n) is 5.40. The van der Waals surface area contributed by atoms with Crippen molar-refractivity contribution in [3.63, 3.8) is 0 Å². The Labute approximate surface area is 132 Å². The zero-order valence-electron chi connectivity index (χ0n) is 13.7. The predicted molar refractivity (Wildman–Crippen MR) is 86.7 cm³/mol. The van der Waals surface area contributed by atoms with E-state index in [1.165, 1.54) is 0 Å². The molecule has 0 spiro atoms. The van der Waals surface area contributed by atoms with Gasteiger partial charge in [-0.15, -0.1) is 0 Å². The van der Waals surface area contributed by atoms with E-state index in [4.69, 9.17) is 4.74 Å². The van der Waals surface area contributed by atoms with Gasteiger partial charge in [0, 0.05) is 19.0 Å². The Kier molecular flexibility index (Phi) is 8.04. The van der Waals surface area contributed by atoms with Gasteiger partial charge < -0.3 is 15.0 Å². The molecule has 1 aromatic rings. The summed E-state index contributed by atoms with van der Waals surface area (Å²) >= 11 is 0.